The number of halogens is 1. The van der Waals surface area contributed by atoms with Gasteiger partial charge in [-0.1, -0.05) is 35.9 Å². The Kier molecular flexibility index (Phi) is 4.64. The van der Waals surface area contributed by atoms with Crippen LogP contribution < -0.4 is 10.2 Å². The third-order valence-electron chi connectivity index (χ3n) is 2.99. The normalized spacial score (nSPS) is 10.2. The van der Waals surface area contributed by atoms with Crippen molar-refractivity contribution in [3.05, 3.63) is 59.1 Å². The number of amides is 2. The van der Waals surface area contributed by atoms with Crippen LogP contribution in [0.1, 0.15) is 12.5 Å². The second-order valence-corrected chi connectivity index (χ2v) is 4.90. The summed E-state index contributed by atoms with van der Waals surface area (Å²) in [6.45, 7) is 4.53. The molecule has 0 fully saturated rings. The third kappa shape index (κ3) is 3.31. The van der Waals surface area contributed by atoms with Crippen LogP contribution in [-0.4, -0.2) is 12.6 Å². The van der Waals surface area contributed by atoms with Gasteiger partial charge in [0, 0.05) is 12.2 Å². The lowest BCUT2D eigenvalue weighted by Crippen LogP contribution is -2.34. The maximum atomic E-state index is 12.4. The van der Waals surface area contributed by atoms with E-state index < -0.39 is 0 Å². The Morgan fingerprint density at radius 2 is 1.95 bits per heavy atom. The first-order chi connectivity index (χ1) is 9.61. The first-order valence-corrected chi connectivity index (χ1v) is 6.89. The molecule has 0 aliphatic heterocycles. The zero-order valence-electron chi connectivity index (χ0n) is 11.6. The van der Waals surface area contributed by atoms with Crippen molar-refractivity contribution in [1.29, 1.82) is 0 Å². The van der Waals surface area contributed by atoms with Gasteiger partial charge in [-0.15, -0.1) is 0 Å². The Bertz CT molecular complexity index is 613. The molecular weight excluding hydrogens is 272 g/mol. The van der Waals surface area contributed by atoms with Crippen LogP contribution in [0.15, 0.2) is 48.5 Å². The number of anilines is 2. The minimum atomic E-state index is -0.189. The fourth-order valence-corrected chi connectivity index (χ4v) is 2.17. The summed E-state index contributed by atoms with van der Waals surface area (Å²) in [7, 11) is 0. The fourth-order valence-electron chi connectivity index (χ4n) is 1.98. The van der Waals surface area contributed by atoms with Gasteiger partial charge in [-0.25, -0.2) is 4.79 Å². The van der Waals surface area contributed by atoms with Gasteiger partial charge in [0.25, 0.3) is 0 Å². The van der Waals surface area contributed by atoms with Crippen LogP contribution in [0.25, 0.3) is 0 Å². The number of urea groups is 1. The van der Waals surface area contributed by atoms with Crippen LogP contribution in [0.5, 0.6) is 0 Å². The quantitative estimate of drug-likeness (QED) is 0.872. The Hall–Kier alpha value is -2.00. The average Bonchev–Trinajstić information content (AvgIpc) is 2.42. The van der Waals surface area contributed by atoms with E-state index in [0.717, 1.165) is 11.3 Å². The molecular formula is C16H17ClN2O. The first kappa shape index (κ1) is 14.4. The minimum absolute atomic E-state index is 0.189. The lowest BCUT2D eigenvalue weighted by Gasteiger charge is -2.22. The molecule has 0 spiro atoms. The highest BCUT2D eigenvalue weighted by atomic mass is 35.5. The van der Waals surface area contributed by atoms with Gasteiger partial charge in [0.05, 0.1) is 10.7 Å². The second-order valence-electron chi connectivity index (χ2n) is 4.49. The van der Waals surface area contributed by atoms with Crippen molar-refractivity contribution >= 4 is 29.0 Å². The number of rotatable bonds is 3. The van der Waals surface area contributed by atoms with Crippen molar-refractivity contribution in [1.82, 2.24) is 0 Å². The lowest BCUT2D eigenvalue weighted by atomic mass is 10.2. The molecule has 0 saturated heterocycles. The number of para-hydroxylation sites is 1. The molecule has 0 unspecified atom stereocenters. The molecule has 2 rings (SSSR count). The van der Waals surface area contributed by atoms with Crippen molar-refractivity contribution in [2.45, 2.75) is 13.8 Å². The maximum absolute atomic E-state index is 12.4. The van der Waals surface area contributed by atoms with E-state index in [-0.39, 0.29) is 6.03 Å². The summed E-state index contributed by atoms with van der Waals surface area (Å²) in [5, 5.41) is 3.36. The molecule has 0 atom stereocenters. The van der Waals surface area contributed by atoms with Crippen LogP contribution in [0.3, 0.4) is 0 Å². The standard InChI is InChI=1S/C16H17ClN2O/c1-3-19(13-8-6-7-12(2)11-13)16(20)18-15-10-5-4-9-14(15)17/h4-11H,3H2,1-2H3,(H,18,20). The lowest BCUT2D eigenvalue weighted by molar-refractivity contribution is 0.257. The summed E-state index contributed by atoms with van der Waals surface area (Å²) in [4.78, 5) is 14.0. The van der Waals surface area contributed by atoms with E-state index in [1.54, 1.807) is 17.0 Å². The molecule has 0 aliphatic carbocycles. The van der Waals surface area contributed by atoms with Crippen LogP contribution >= 0.6 is 11.6 Å². The fraction of sp³-hybridized carbons (Fsp3) is 0.188. The van der Waals surface area contributed by atoms with Crippen molar-refractivity contribution in [3.8, 4) is 0 Å². The Morgan fingerprint density at radius 3 is 2.60 bits per heavy atom. The van der Waals surface area contributed by atoms with Gasteiger partial charge < -0.3 is 5.32 Å². The van der Waals surface area contributed by atoms with Crippen molar-refractivity contribution in [2.75, 3.05) is 16.8 Å². The minimum Gasteiger partial charge on any atom is -0.306 e. The summed E-state index contributed by atoms with van der Waals surface area (Å²) in [5.41, 5.74) is 2.61. The predicted octanol–water partition coefficient (Wildman–Crippen LogP) is 4.71. The zero-order valence-corrected chi connectivity index (χ0v) is 12.3. The van der Waals surface area contributed by atoms with E-state index in [1.807, 2.05) is 50.2 Å². The monoisotopic (exact) mass is 288 g/mol. The number of carbonyl (C=O) groups is 1. The molecule has 0 aliphatic rings. The Balaban J connectivity index is 2.20. The van der Waals surface area contributed by atoms with Crippen LogP contribution in [0.2, 0.25) is 5.02 Å². The number of nitrogens with one attached hydrogen (secondary N) is 1. The smallest absolute Gasteiger partial charge is 0.306 e. The van der Waals surface area contributed by atoms with Gasteiger partial charge >= 0.3 is 6.03 Å². The largest absolute Gasteiger partial charge is 0.326 e. The number of aryl methyl sites for hydroxylation is 1. The molecule has 0 bridgehead atoms. The van der Waals surface area contributed by atoms with Gasteiger partial charge in [0.15, 0.2) is 0 Å². The van der Waals surface area contributed by atoms with E-state index >= 15 is 0 Å². The number of benzene rings is 2. The van der Waals surface area contributed by atoms with E-state index in [9.17, 15) is 4.79 Å². The summed E-state index contributed by atoms with van der Waals surface area (Å²) in [5.74, 6) is 0. The highest BCUT2D eigenvalue weighted by molar-refractivity contribution is 6.33. The van der Waals surface area contributed by atoms with Gasteiger partial charge in [-0.3, -0.25) is 4.90 Å². The number of nitrogens with zero attached hydrogens (tertiary/aromatic N) is 1. The Morgan fingerprint density at radius 1 is 1.20 bits per heavy atom. The average molecular weight is 289 g/mol. The molecule has 2 aromatic carbocycles. The van der Waals surface area contributed by atoms with Crippen molar-refractivity contribution in [3.63, 3.8) is 0 Å². The van der Waals surface area contributed by atoms with Gasteiger partial charge in [0.2, 0.25) is 0 Å². The van der Waals surface area contributed by atoms with E-state index in [0.29, 0.717) is 17.3 Å². The summed E-state index contributed by atoms with van der Waals surface area (Å²) >= 11 is 6.05. The zero-order chi connectivity index (χ0) is 14.5. The molecule has 3 nitrogen and oxygen atoms in total. The summed E-state index contributed by atoms with van der Waals surface area (Å²) in [6, 6.07) is 14.9. The molecule has 1 N–H and O–H groups in total. The Labute approximate surface area is 124 Å². The number of hydrogen-bond acceptors (Lipinski definition) is 1. The molecule has 2 aromatic rings. The number of carbonyl (C=O) groups excluding carboxylic acids is 1. The first-order valence-electron chi connectivity index (χ1n) is 6.51. The molecule has 0 heterocycles. The molecule has 20 heavy (non-hydrogen) atoms. The predicted molar refractivity (Wildman–Crippen MR) is 84.7 cm³/mol. The van der Waals surface area contributed by atoms with Crippen LogP contribution in [0.4, 0.5) is 16.2 Å². The molecule has 104 valence electrons. The van der Waals surface area contributed by atoms with Gasteiger partial charge in [-0.05, 0) is 43.7 Å². The molecule has 4 heteroatoms. The van der Waals surface area contributed by atoms with E-state index in [2.05, 4.69) is 5.32 Å². The van der Waals surface area contributed by atoms with Crippen molar-refractivity contribution in [2.24, 2.45) is 0 Å². The highest BCUT2D eigenvalue weighted by Crippen LogP contribution is 2.22. The summed E-state index contributed by atoms with van der Waals surface area (Å²) in [6.07, 6.45) is 0. The highest BCUT2D eigenvalue weighted by Gasteiger charge is 2.14. The van der Waals surface area contributed by atoms with Crippen LogP contribution in [0, 0.1) is 6.92 Å². The summed E-state index contributed by atoms with van der Waals surface area (Å²) < 4.78 is 0. The third-order valence-corrected chi connectivity index (χ3v) is 3.32. The van der Waals surface area contributed by atoms with Gasteiger partial charge in [0.1, 0.15) is 0 Å². The molecule has 0 aromatic heterocycles. The maximum Gasteiger partial charge on any atom is 0.326 e. The number of hydrogen-bond donors (Lipinski definition) is 1. The van der Waals surface area contributed by atoms with E-state index in [4.69, 9.17) is 11.6 Å². The molecule has 2 amide bonds. The topological polar surface area (TPSA) is 32.3 Å². The SMILES string of the molecule is CCN(C(=O)Nc1ccccc1Cl)c1cccc(C)c1. The molecule has 0 radical (unpaired) electrons. The van der Waals surface area contributed by atoms with Crippen LogP contribution in [-0.2, 0) is 0 Å². The van der Waals surface area contributed by atoms with Crippen molar-refractivity contribution < 1.29 is 4.79 Å². The molecule has 0 saturated carbocycles. The second kappa shape index (κ2) is 6.44. The van der Waals surface area contributed by atoms with E-state index in [1.165, 1.54) is 0 Å². The van der Waals surface area contributed by atoms with Gasteiger partial charge in [-0.2, -0.15) is 0 Å².